The zero-order valence-corrected chi connectivity index (χ0v) is 7.30. The molecule has 0 aromatic carbocycles. The van der Waals surface area contributed by atoms with Crippen molar-refractivity contribution in [2.75, 3.05) is 0 Å². The first-order valence-corrected chi connectivity index (χ1v) is 4.05. The molecule has 66 valence electrons. The third-order valence-corrected chi connectivity index (χ3v) is 1.72. The van der Waals surface area contributed by atoms with Crippen LogP contribution in [0.2, 0.25) is 0 Å². The summed E-state index contributed by atoms with van der Waals surface area (Å²) in [5, 5.41) is 16.3. The lowest BCUT2D eigenvalue weighted by Crippen LogP contribution is -2.16. The molecule has 0 saturated heterocycles. The molecule has 4 N–H and O–H groups in total. The van der Waals surface area contributed by atoms with E-state index in [2.05, 4.69) is 0 Å². The summed E-state index contributed by atoms with van der Waals surface area (Å²) in [4.78, 5) is 0. The van der Waals surface area contributed by atoms with Gasteiger partial charge >= 0.3 is 0 Å². The fraction of sp³-hybridized carbons (Fsp3) is 0.875. The Labute approximate surface area is 68.1 Å². The molecule has 0 rings (SSSR count). The molecule has 1 unspecified atom stereocenters. The van der Waals surface area contributed by atoms with Crippen LogP contribution in [0, 0.1) is 11.3 Å². The van der Waals surface area contributed by atoms with Crippen molar-refractivity contribution < 1.29 is 5.11 Å². The van der Waals surface area contributed by atoms with E-state index in [0.717, 1.165) is 12.8 Å². The third-order valence-electron chi connectivity index (χ3n) is 1.72. The number of aliphatic hydroxyl groups is 1. The maximum atomic E-state index is 9.33. The summed E-state index contributed by atoms with van der Waals surface area (Å²) in [6, 6.07) is 0. The quantitative estimate of drug-likeness (QED) is 0.414. The lowest BCUT2D eigenvalue weighted by molar-refractivity contribution is 0.114. The Morgan fingerprint density at radius 2 is 2.09 bits per heavy atom. The Morgan fingerprint density at radius 3 is 2.45 bits per heavy atom. The SMILES string of the molecule is CC(C)C(O)CCCC(=N)N. The summed E-state index contributed by atoms with van der Waals surface area (Å²) in [6.45, 7) is 3.97. The van der Waals surface area contributed by atoms with Gasteiger partial charge in [0.05, 0.1) is 11.9 Å². The van der Waals surface area contributed by atoms with Gasteiger partial charge < -0.3 is 10.8 Å². The van der Waals surface area contributed by atoms with Gasteiger partial charge in [0.25, 0.3) is 0 Å². The second kappa shape index (κ2) is 5.13. The van der Waals surface area contributed by atoms with Crippen molar-refractivity contribution in [2.45, 2.75) is 39.2 Å². The molecule has 3 nitrogen and oxygen atoms in total. The zero-order valence-electron chi connectivity index (χ0n) is 7.30. The second-order valence-corrected chi connectivity index (χ2v) is 3.23. The molecule has 0 aliphatic heterocycles. The third kappa shape index (κ3) is 5.85. The first-order chi connectivity index (χ1) is 5.04. The van der Waals surface area contributed by atoms with Gasteiger partial charge in [-0.2, -0.15) is 0 Å². The van der Waals surface area contributed by atoms with Gasteiger partial charge in [-0.15, -0.1) is 0 Å². The summed E-state index contributed by atoms with van der Waals surface area (Å²) < 4.78 is 0. The molecule has 0 fully saturated rings. The minimum atomic E-state index is -0.241. The van der Waals surface area contributed by atoms with Gasteiger partial charge in [0.1, 0.15) is 0 Å². The molecule has 0 saturated carbocycles. The number of amidine groups is 1. The lowest BCUT2D eigenvalue weighted by atomic mass is 10.0. The van der Waals surface area contributed by atoms with Crippen LogP contribution in [0.5, 0.6) is 0 Å². The number of aliphatic hydroxyl groups excluding tert-OH is 1. The fourth-order valence-corrected chi connectivity index (χ4v) is 0.835. The number of nitrogens with one attached hydrogen (secondary N) is 1. The molecule has 0 radical (unpaired) electrons. The Hall–Kier alpha value is -0.570. The van der Waals surface area contributed by atoms with Crippen molar-refractivity contribution in [3.05, 3.63) is 0 Å². The average molecular weight is 158 g/mol. The Kier molecular flexibility index (Phi) is 4.86. The van der Waals surface area contributed by atoms with Gasteiger partial charge in [0.2, 0.25) is 0 Å². The number of hydrogen-bond donors (Lipinski definition) is 3. The highest BCUT2D eigenvalue weighted by Gasteiger charge is 2.07. The number of rotatable bonds is 5. The summed E-state index contributed by atoms with van der Waals surface area (Å²) >= 11 is 0. The van der Waals surface area contributed by atoms with E-state index in [9.17, 15) is 5.11 Å². The minimum absolute atomic E-state index is 0.209. The molecule has 1 atom stereocenters. The summed E-state index contributed by atoms with van der Waals surface area (Å²) in [6.07, 6.45) is 1.92. The van der Waals surface area contributed by atoms with Crippen LogP contribution in [0.15, 0.2) is 0 Å². The van der Waals surface area contributed by atoms with E-state index in [4.69, 9.17) is 11.1 Å². The molecule has 0 aliphatic rings. The molecule has 0 bridgehead atoms. The standard InChI is InChI=1S/C8H18N2O/c1-6(2)7(11)4-3-5-8(9)10/h6-7,11H,3-5H2,1-2H3,(H3,9,10). The van der Waals surface area contributed by atoms with Crippen LogP contribution in [-0.2, 0) is 0 Å². The minimum Gasteiger partial charge on any atom is -0.393 e. The fourth-order valence-electron chi connectivity index (χ4n) is 0.835. The van der Waals surface area contributed by atoms with Crippen molar-refractivity contribution in [3.8, 4) is 0 Å². The maximum Gasteiger partial charge on any atom is 0.0905 e. The van der Waals surface area contributed by atoms with Crippen LogP contribution in [-0.4, -0.2) is 17.0 Å². The summed E-state index contributed by atoms with van der Waals surface area (Å²) in [7, 11) is 0. The topological polar surface area (TPSA) is 70.1 Å². The number of hydrogen-bond acceptors (Lipinski definition) is 2. The van der Waals surface area contributed by atoms with Gasteiger partial charge in [0, 0.05) is 6.42 Å². The predicted molar refractivity (Wildman–Crippen MR) is 46.6 cm³/mol. The molecule has 3 heteroatoms. The van der Waals surface area contributed by atoms with E-state index in [0.29, 0.717) is 12.3 Å². The highest BCUT2D eigenvalue weighted by molar-refractivity contribution is 5.76. The lowest BCUT2D eigenvalue weighted by Gasteiger charge is -2.13. The van der Waals surface area contributed by atoms with E-state index in [-0.39, 0.29) is 11.9 Å². The van der Waals surface area contributed by atoms with Gasteiger partial charge in [-0.3, -0.25) is 5.41 Å². The highest BCUT2D eigenvalue weighted by atomic mass is 16.3. The molecular formula is C8H18N2O. The first kappa shape index (κ1) is 10.4. The molecule has 0 aromatic heterocycles. The van der Waals surface area contributed by atoms with Crippen LogP contribution in [0.4, 0.5) is 0 Å². The highest BCUT2D eigenvalue weighted by Crippen LogP contribution is 2.08. The summed E-state index contributed by atoms with van der Waals surface area (Å²) in [5.74, 6) is 0.517. The van der Waals surface area contributed by atoms with Crippen LogP contribution < -0.4 is 5.73 Å². The Bertz CT molecular complexity index is 123. The molecule has 0 amide bonds. The normalized spacial score (nSPS) is 13.5. The van der Waals surface area contributed by atoms with Crippen LogP contribution in [0.3, 0.4) is 0 Å². The van der Waals surface area contributed by atoms with E-state index in [1.165, 1.54) is 0 Å². The average Bonchev–Trinajstić information content (AvgIpc) is 1.86. The van der Waals surface area contributed by atoms with Crippen molar-refractivity contribution >= 4 is 5.84 Å². The van der Waals surface area contributed by atoms with Crippen molar-refractivity contribution in [2.24, 2.45) is 11.7 Å². The Balaban J connectivity index is 3.31. The van der Waals surface area contributed by atoms with Gasteiger partial charge in [-0.1, -0.05) is 13.8 Å². The smallest absolute Gasteiger partial charge is 0.0905 e. The van der Waals surface area contributed by atoms with Crippen molar-refractivity contribution in [1.29, 1.82) is 5.41 Å². The number of nitrogens with two attached hydrogens (primary N) is 1. The first-order valence-electron chi connectivity index (χ1n) is 4.05. The van der Waals surface area contributed by atoms with Gasteiger partial charge in [-0.05, 0) is 18.8 Å². The van der Waals surface area contributed by atoms with E-state index >= 15 is 0 Å². The Morgan fingerprint density at radius 1 is 1.55 bits per heavy atom. The molecule has 0 heterocycles. The van der Waals surface area contributed by atoms with Crippen LogP contribution >= 0.6 is 0 Å². The maximum absolute atomic E-state index is 9.33. The molecule has 11 heavy (non-hydrogen) atoms. The molecule has 0 spiro atoms. The van der Waals surface area contributed by atoms with Gasteiger partial charge in [-0.25, -0.2) is 0 Å². The molecule has 0 aliphatic carbocycles. The largest absolute Gasteiger partial charge is 0.393 e. The predicted octanol–water partition coefficient (Wildman–Crippen LogP) is 1.11. The van der Waals surface area contributed by atoms with Crippen LogP contribution in [0.1, 0.15) is 33.1 Å². The molecule has 0 aromatic rings. The second-order valence-electron chi connectivity index (χ2n) is 3.23. The monoisotopic (exact) mass is 158 g/mol. The van der Waals surface area contributed by atoms with Crippen molar-refractivity contribution in [1.82, 2.24) is 0 Å². The van der Waals surface area contributed by atoms with Crippen LogP contribution in [0.25, 0.3) is 0 Å². The van der Waals surface area contributed by atoms with E-state index < -0.39 is 0 Å². The van der Waals surface area contributed by atoms with Crippen molar-refractivity contribution in [3.63, 3.8) is 0 Å². The summed E-state index contributed by atoms with van der Waals surface area (Å²) in [5.41, 5.74) is 5.16. The zero-order chi connectivity index (χ0) is 8.85. The molecular weight excluding hydrogens is 140 g/mol. The van der Waals surface area contributed by atoms with E-state index in [1.807, 2.05) is 13.8 Å². The van der Waals surface area contributed by atoms with E-state index in [1.54, 1.807) is 0 Å². The van der Waals surface area contributed by atoms with Gasteiger partial charge in [0.15, 0.2) is 0 Å².